The van der Waals surface area contributed by atoms with Gasteiger partial charge in [-0.15, -0.1) is 0 Å². The molecule has 1 N–H and O–H groups in total. The molecule has 0 saturated heterocycles. The van der Waals surface area contributed by atoms with Crippen LogP contribution in [-0.4, -0.2) is 12.1 Å². The van der Waals surface area contributed by atoms with Crippen molar-refractivity contribution in [3.63, 3.8) is 0 Å². The minimum absolute atomic E-state index is 0.571. The molecular weight excluding hydrogens is 350 g/mol. The molecule has 0 spiro atoms. The van der Waals surface area contributed by atoms with Gasteiger partial charge in [-0.3, -0.25) is 0 Å². The molecule has 1 heterocycles. The quantitative estimate of drug-likeness (QED) is 0.737. The number of fused-ring (bicyclic) bond motifs is 1. The number of rotatable bonds is 3. The Labute approximate surface area is 134 Å². The lowest BCUT2D eigenvalue weighted by Crippen LogP contribution is -1.94. The van der Waals surface area contributed by atoms with Gasteiger partial charge >= 0.3 is 0 Å². The Morgan fingerprint density at radius 2 is 2.14 bits per heavy atom. The average molecular weight is 360 g/mol. The van der Waals surface area contributed by atoms with Crippen LogP contribution in [0.2, 0.25) is 0 Å². The maximum Gasteiger partial charge on any atom is 0.188 e. The topological polar surface area (TPSA) is 57.9 Å². The lowest BCUT2D eigenvalue weighted by Gasteiger charge is -2.08. The van der Waals surface area contributed by atoms with E-state index in [0.29, 0.717) is 11.3 Å². The fraction of sp³-hybridized carbons (Fsp3) is 0.0667. The maximum atomic E-state index is 9.00. The number of nitrogens with one attached hydrogen (secondary N) is 1. The molecule has 104 valence electrons. The molecular formula is C15H10BrN3OS. The molecule has 1 aromatic heterocycles. The standard InChI is InChI=1S/C15H10BrN3OS/c1-20-13-4-2-9(8-17)6-11(13)18-15-19-12-7-10(16)3-5-14(12)21-15/h2-7H,1H3,(H,18,19). The highest BCUT2D eigenvalue weighted by atomic mass is 79.9. The Bertz CT molecular complexity index is 854. The second-order valence-electron chi connectivity index (χ2n) is 4.28. The molecule has 0 amide bonds. The summed E-state index contributed by atoms with van der Waals surface area (Å²) in [6.07, 6.45) is 0. The first-order chi connectivity index (χ1) is 10.2. The largest absolute Gasteiger partial charge is 0.495 e. The van der Waals surface area contributed by atoms with Crippen molar-refractivity contribution in [2.24, 2.45) is 0 Å². The lowest BCUT2D eigenvalue weighted by atomic mass is 10.2. The van der Waals surface area contributed by atoms with Gasteiger partial charge in [0.1, 0.15) is 5.75 Å². The Hall–Kier alpha value is -2.10. The molecule has 0 fully saturated rings. The van der Waals surface area contributed by atoms with E-state index in [1.54, 1.807) is 36.6 Å². The van der Waals surface area contributed by atoms with Gasteiger partial charge in [-0.2, -0.15) is 5.26 Å². The van der Waals surface area contributed by atoms with Crippen LogP contribution in [0.15, 0.2) is 40.9 Å². The number of anilines is 2. The van der Waals surface area contributed by atoms with Gasteiger partial charge in [-0.05, 0) is 36.4 Å². The molecule has 4 nitrogen and oxygen atoms in total. The first-order valence-corrected chi connectivity index (χ1v) is 7.72. The van der Waals surface area contributed by atoms with Crippen molar-refractivity contribution in [2.45, 2.75) is 0 Å². The van der Waals surface area contributed by atoms with Crippen molar-refractivity contribution in [3.05, 3.63) is 46.4 Å². The predicted octanol–water partition coefficient (Wildman–Crippen LogP) is 4.68. The molecule has 0 bridgehead atoms. The summed E-state index contributed by atoms with van der Waals surface area (Å²) >= 11 is 4.99. The van der Waals surface area contributed by atoms with E-state index in [1.807, 2.05) is 18.2 Å². The van der Waals surface area contributed by atoms with Gasteiger partial charge in [0.05, 0.1) is 34.6 Å². The molecule has 3 rings (SSSR count). The highest BCUT2D eigenvalue weighted by molar-refractivity contribution is 9.10. The van der Waals surface area contributed by atoms with Crippen LogP contribution < -0.4 is 10.1 Å². The molecule has 2 aromatic carbocycles. The number of nitrogens with zero attached hydrogens (tertiary/aromatic N) is 2. The number of hydrogen-bond donors (Lipinski definition) is 1. The molecule has 0 saturated carbocycles. The van der Waals surface area contributed by atoms with Crippen LogP contribution in [0.25, 0.3) is 10.2 Å². The van der Waals surface area contributed by atoms with Crippen LogP contribution in [0.3, 0.4) is 0 Å². The molecule has 21 heavy (non-hydrogen) atoms. The third kappa shape index (κ3) is 2.84. The zero-order valence-corrected chi connectivity index (χ0v) is 13.5. The van der Waals surface area contributed by atoms with Crippen molar-refractivity contribution in [2.75, 3.05) is 12.4 Å². The maximum absolute atomic E-state index is 9.00. The van der Waals surface area contributed by atoms with E-state index in [1.165, 1.54) is 0 Å². The smallest absolute Gasteiger partial charge is 0.188 e. The van der Waals surface area contributed by atoms with E-state index in [2.05, 4.69) is 32.3 Å². The van der Waals surface area contributed by atoms with Crippen molar-refractivity contribution in [3.8, 4) is 11.8 Å². The highest BCUT2D eigenvalue weighted by Gasteiger charge is 2.09. The molecule has 6 heteroatoms. The van der Waals surface area contributed by atoms with E-state index in [4.69, 9.17) is 10.00 Å². The minimum Gasteiger partial charge on any atom is -0.495 e. The number of hydrogen-bond acceptors (Lipinski definition) is 5. The zero-order valence-electron chi connectivity index (χ0n) is 11.1. The summed E-state index contributed by atoms with van der Waals surface area (Å²) < 4.78 is 7.40. The van der Waals surface area contributed by atoms with Crippen molar-refractivity contribution in [1.82, 2.24) is 4.98 Å². The van der Waals surface area contributed by atoms with Gasteiger partial charge in [-0.25, -0.2) is 4.98 Å². The second-order valence-corrected chi connectivity index (χ2v) is 6.23. The first-order valence-electron chi connectivity index (χ1n) is 6.11. The zero-order chi connectivity index (χ0) is 14.8. The van der Waals surface area contributed by atoms with Gasteiger partial charge in [0.15, 0.2) is 5.13 Å². The van der Waals surface area contributed by atoms with Crippen LogP contribution in [-0.2, 0) is 0 Å². The molecule has 0 aliphatic rings. The summed E-state index contributed by atoms with van der Waals surface area (Å²) in [5.74, 6) is 0.675. The van der Waals surface area contributed by atoms with Crippen molar-refractivity contribution >= 4 is 48.3 Å². The number of benzene rings is 2. The van der Waals surface area contributed by atoms with E-state index in [9.17, 15) is 0 Å². The number of methoxy groups -OCH3 is 1. The number of aromatic nitrogens is 1. The molecule has 0 atom stereocenters. The summed E-state index contributed by atoms with van der Waals surface area (Å²) in [5.41, 5.74) is 2.23. The summed E-state index contributed by atoms with van der Waals surface area (Å²) in [7, 11) is 1.60. The summed E-state index contributed by atoms with van der Waals surface area (Å²) in [4.78, 5) is 4.54. The molecule has 0 unspecified atom stereocenters. The molecule has 0 radical (unpaired) electrons. The lowest BCUT2D eigenvalue weighted by molar-refractivity contribution is 0.417. The molecule has 0 aliphatic carbocycles. The minimum atomic E-state index is 0.571. The Morgan fingerprint density at radius 3 is 2.90 bits per heavy atom. The van der Waals surface area contributed by atoms with Gasteiger partial charge < -0.3 is 10.1 Å². The van der Waals surface area contributed by atoms with Crippen LogP contribution in [0.1, 0.15) is 5.56 Å². The molecule has 0 aliphatic heterocycles. The monoisotopic (exact) mass is 359 g/mol. The summed E-state index contributed by atoms with van der Waals surface area (Å²) in [6.45, 7) is 0. The number of halogens is 1. The number of thiazole rings is 1. The van der Waals surface area contributed by atoms with E-state index < -0.39 is 0 Å². The molecule has 3 aromatic rings. The fourth-order valence-electron chi connectivity index (χ4n) is 1.94. The van der Waals surface area contributed by atoms with E-state index in [-0.39, 0.29) is 0 Å². The Morgan fingerprint density at radius 1 is 1.29 bits per heavy atom. The Balaban J connectivity index is 1.99. The highest BCUT2D eigenvalue weighted by Crippen LogP contribution is 2.33. The Kier molecular flexibility index (Phi) is 3.78. The van der Waals surface area contributed by atoms with Gasteiger partial charge in [-0.1, -0.05) is 27.3 Å². The average Bonchev–Trinajstić information content (AvgIpc) is 2.88. The fourth-order valence-corrected chi connectivity index (χ4v) is 3.15. The SMILES string of the molecule is COc1ccc(C#N)cc1Nc1nc2cc(Br)ccc2s1. The van der Waals surface area contributed by atoms with Crippen molar-refractivity contribution < 1.29 is 4.74 Å². The van der Waals surface area contributed by atoms with Gasteiger partial charge in [0.2, 0.25) is 0 Å². The van der Waals surface area contributed by atoms with Crippen LogP contribution in [0.5, 0.6) is 5.75 Å². The number of ether oxygens (including phenoxy) is 1. The third-order valence-corrected chi connectivity index (χ3v) is 4.36. The first kappa shape index (κ1) is 13.9. The summed E-state index contributed by atoms with van der Waals surface area (Å²) in [6, 6.07) is 13.3. The van der Waals surface area contributed by atoms with Gasteiger partial charge in [0, 0.05) is 4.47 Å². The van der Waals surface area contributed by atoms with Gasteiger partial charge in [0.25, 0.3) is 0 Å². The van der Waals surface area contributed by atoms with Crippen LogP contribution in [0.4, 0.5) is 10.8 Å². The summed E-state index contributed by atoms with van der Waals surface area (Å²) in [5, 5.41) is 13.0. The van der Waals surface area contributed by atoms with Crippen molar-refractivity contribution in [1.29, 1.82) is 5.26 Å². The van der Waals surface area contributed by atoms with Crippen LogP contribution in [0, 0.1) is 11.3 Å². The predicted molar refractivity (Wildman–Crippen MR) is 88.3 cm³/mol. The third-order valence-electron chi connectivity index (χ3n) is 2.92. The van der Waals surface area contributed by atoms with Crippen LogP contribution >= 0.6 is 27.3 Å². The second kappa shape index (κ2) is 5.72. The normalized spacial score (nSPS) is 10.3. The number of nitriles is 1. The van der Waals surface area contributed by atoms with E-state index in [0.717, 1.165) is 25.5 Å². The van der Waals surface area contributed by atoms with E-state index >= 15 is 0 Å².